The number of nitrogens with one attached hydrogen (secondary N) is 3. The van der Waals surface area contributed by atoms with Gasteiger partial charge in [0.2, 0.25) is 0 Å². The van der Waals surface area contributed by atoms with E-state index in [1.54, 1.807) is 36.4 Å². The average molecular weight is 399 g/mol. The molecule has 0 atom stereocenters. The summed E-state index contributed by atoms with van der Waals surface area (Å²) in [7, 11) is 0. The highest BCUT2D eigenvalue weighted by molar-refractivity contribution is 6.05. The number of amides is 2. The topological polar surface area (TPSA) is 87.1 Å². The first-order valence-electron chi connectivity index (χ1n) is 9.65. The number of aromatic amines is 1. The number of hydrogen-bond acceptors (Lipinski definition) is 3. The van der Waals surface area contributed by atoms with Gasteiger partial charge in [-0.3, -0.25) is 9.59 Å². The summed E-state index contributed by atoms with van der Waals surface area (Å²) in [5.74, 6) is -0.263. The van der Waals surface area contributed by atoms with Crippen LogP contribution in [0.15, 0.2) is 89.3 Å². The van der Waals surface area contributed by atoms with Crippen LogP contribution in [0.2, 0.25) is 0 Å². The second-order valence-corrected chi connectivity index (χ2v) is 6.76. The molecule has 2 aromatic carbocycles. The molecular formula is C24H21N3O3. The number of carbonyl (C=O) groups is 2. The average Bonchev–Trinajstić information content (AvgIpc) is 3.44. The summed E-state index contributed by atoms with van der Waals surface area (Å²) in [5.41, 5.74) is 2.77. The molecule has 0 aliphatic carbocycles. The largest absolute Gasteiger partial charge is 0.465 e. The van der Waals surface area contributed by atoms with Crippen LogP contribution in [0, 0.1) is 0 Å². The van der Waals surface area contributed by atoms with Gasteiger partial charge < -0.3 is 20.0 Å². The molecule has 0 bridgehead atoms. The van der Waals surface area contributed by atoms with Crippen molar-refractivity contribution < 1.29 is 14.0 Å². The van der Waals surface area contributed by atoms with E-state index < -0.39 is 0 Å². The first kappa shape index (κ1) is 19.3. The van der Waals surface area contributed by atoms with Crippen molar-refractivity contribution >= 4 is 28.8 Å². The Hall–Kier alpha value is -4.06. The number of rotatable bonds is 7. The smallest absolute Gasteiger partial charge is 0.267 e. The van der Waals surface area contributed by atoms with E-state index in [1.165, 1.54) is 12.3 Å². The van der Waals surface area contributed by atoms with E-state index in [4.69, 9.17) is 4.42 Å². The summed E-state index contributed by atoms with van der Waals surface area (Å²) in [6.45, 7) is 0.428. The lowest BCUT2D eigenvalue weighted by Gasteiger charge is -2.11. The molecule has 6 heteroatoms. The Bertz CT molecular complexity index is 1170. The zero-order valence-corrected chi connectivity index (χ0v) is 16.2. The Kier molecular flexibility index (Phi) is 5.75. The third-order valence-corrected chi connectivity index (χ3v) is 4.71. The zero-order chi connectivity index (χ0) is 20.8. The van der Waals surface area contributed by atoms with E-state index >= 15 is 0 Å². The van der Waals surface area contributed by atoms with Gasteiger partial charge in [0.25, 0.3) is 11.8 Å². The second kappa shape index (κ2) is 8.96. The molecule has 0 fully saturated rings. The third-order valence-electron chi connectivity index (χ3n) is 4.71. The van der Waals surface area contributed by atoms with Crippen molar-refractivity contribution in [2.75, 3.05) is 6.54 Å². The van der Waals surface area contributed by atoms with Crippen molar-refractivity contribution in [2.24, 2.45) is 0 Å². The predicted octanol–water partition coefficient (Wildman–Crippen LogP) is 3.89. The summed E-state index contributed by atoms with van der Waals surface area (Å²) in [5, 5.41) is 6.70. The quantitative estimate of drug-likeness (QED) is 0.412. The van der Waals surface area contributed by atoms with Crippen molar-refractivity contribution in [2.45, 2.75) is 6.42 Å². The van der Waals surface area contributed by atoms with E-state index in [0.29, 0.717) is 24.3 Å². The SMILES string of the molecule is O=C(NCCc1c[nH]c2ccccc12)C(=Cc1ccco1)NC(=O)c1ccccc1. The highest BCUT2D eigenvalue weighted by atomic mass is 16.3. The Morgan fingerprint density at radius 3 is 2.57 bits per heavy atom. The van der Waals surface area contributed by atoms with Crippen LogP contribution < -0.4 is 10.6 Å². The lowest BCUT2D eigenvalue weighted by molar-refractivity contribution is -0.117. The van der Waals surface area contributed by atoms with Crippen LogP contribution >= 0.6 is 0 Å². The van der Waals surface area contributed by atoms with Gasteiger partial charge in [0.1, 0.15) is 11.5 Å². The van der Waals surface area contributed by atoms with Gasteiger partial charge in [-0.25, -0.2) is 0 Å². The molecule has 0 saturated heterocycles. The van der Waals surface area contributed by atoms with Gasteiger partial charge >= 0.3 is 0 Å². The molecule has 2 aromatic heterocycles. The monoisotopic (exact) mass is 399 g/mol. The molecule has 4 aromatic rings. The molecule has 2 amide bonds. The Morgan fingerprint density at radius 1 is 0.967 bits per heavy atom. The van der Waals surface area contributed by atoms with Gasteiger partial charge in [0.05, 0.1) is 6.26 Å². The molecule has 0 aliphatic heterocycles. The number of aromatic nitrogens is 1. The maximum atomic E-state index is 12.8. The molecule has 0 radical (unpaired) electrons. The first-order valence-corrected chi connectivity index (χ1v) is 9.65. The molecule has 3 N–H and O–H groups in total. The van der Waals surface area contributed by atoms with Crippen LogP contribution in [0.4, 0.5) is 0 Å². The number of furan rings is 1. The Balaban J connectivity index is 1.45. The fraction of sp³-hybridized carbons (Fsp3) is 0.0833. The number of carbonyl (C=O) groups excluding carboxylic acids is 2. The molecule has 0 saturated carbocycles. The van der Waals surface area contributed by atoms with E-state index in [1.807, 2.05) is 36.5 Å². The van der Waals surface area contributed by atoms with Crippen LogP contribution in [0.3, 0.4) is 0 Å². The van der Waals surface area contributed by atoms with Crippen LogP contribution in [-0.2, 0) is 11.2 Å². The maximum absolute atomic E-state index is 12.8. The van der Waals surface area contributed by atoms with E-state index in [2.05, 4.69) is 15.6 Å². The Labute approximate surface area is 173 Å². The zero-order valence-electron chi connectivity index (χ0n) is 16.2. The molecular weight excluding hydrogens is 378 g/mol. The summed E-state index contributed by atoms with van der Waals surface area (Å²) in [6, 6.07) is 20.2. The van der Waals surface area contributed by atoms with Crippen molar-refractivity contribution in [3.8, 4) is 0 Å². The summed E-state index contributed by atoms with van der Waals surface area (Å²) in [4.78, 5) is 28.5. The summed E-state index contributed by atoms with van der Waals surface area (Å²) >= 11 is 0. The molecule has 6 nitrogen and oxygen atoms in total. The van der Waals surface area contributed by atoms with Crippen molar-refractivity contribution in [3.05, 3.63) is 102 Å². The number of H-pyrrole nitrogens is 1. The van der Waals surface area contributed by atoms with Crippen LogP contribution in [0.5, 0.6) is 0 Å². The van der Waals surface area contributed by atoms with Crippen LogP contribution in [0.25, 0.3) is 17.0 Å². The molecule has 4 rings (SSSR count). The number of benzene rings is 2. The second-order valence-electron chi connectivity index (χ2n) is 6.76. The fourth-order valence-electron chi connectivity index (χ4n) is 3.20. The number of hydrogen-bond donors (Lipinski definition) is 3. The predicted molar refractivity (Wildman–Crippen MR) is 116 cm³/mol. The molecule has 0 spiro atoms. The minimum atomic E-state index is -0.379. The number of fused-ring (bicyclic) bond motifs is 1. The molecule has 150 valence electrons. The first-order chi connectivity index (χ1) is 14.7. The van der Waals surface area contributed by atoms with Gasteiger partial charge in [-0.1, -0.05) is 36.4 Å². The lowest BCUT2D eigenvalue weighted by Crippen LogP contribution is -2.35. The van der Waals surface area contributed by atoms with Crippen LogP contribution in [0.1, 0.15) is 21.7 Å². The highest BCUT2D eigenvalue weighted by Gasteiger charge is 2.15. The number of para-hydroxylation sites is 1. The minimum absolute atomic E-state index is 0.123. The van der Waals surface area contributed by atoms with E-state index in [9.17, 15) is 9.59 Å². The third kappa shape index (κ3) is 4.50. The van der Waals surface area contributed by atoms with Gasteiger partial charge in [-0.15, -0.1) is 0 Å². The van der Waals surface area contributed by atoms with Gasteiger partial charge in [0.15, 0.2) is 0 Å². The van der Waals surface area contributed by atoms with Gasteiger partial charge in [-0.2, -0.15) is 0 Å². The fourth-order valence-corrected chi connectivity index (χ4v) is 3.20. The van der Waals surface area contributed by atoms with Gasteiger partial charge in [0, 0.05) is 35.3 Å². The highest BCUT2D eigenvalue weighted by Crippen LogP contribution is 2.17. The van der Waals surface area contributed by atoms with Crippen molar-refractivity contribution in [3.63, 3.8) is 0 Å². The summed E-state index contributed by atoms with van der Waals surface area (Å²) < 4.78 is 5.30. The molecule has 0 aliphatic rings. The van der Waals surface area contributed by atoms with Crippen molar-refractivity contribution in [1.29, 1.82) is 0 Å². The van der Waals surface area contributed by atoms with E-state index in [0.717, 1.165) is 16.5 Å². The molecule has 2 heterocycles. The molecule has 0 unspecified atom stereocenters. The maximum Gasteiger partial charge on any atom is 0.267 e. The van der Waals surface area contributed by atoms with Gasteiger partial charge in [-0.05, 0) is 42.3 Å². The standard InChI is InChI=1S/C24H21N3O3/c28-23(17-7-2-1-3-8-17)27-22(15-19-9-6-14-30-19)24(29)25-13-12-18-16-26-21-11-5-4-10-20(18)21/h1-11,14-16,26H,12-13H2,(H,25,29)(H,27,28). The minimum Gasteiger partial charge on any atom is -0.465 e. The normalized spacial score (nSPS) is 11.4. The molecule has 30 heavy (non-hydrogen) atoms. The van der Waals surface area contributed by atoms with E-state index in [-0.39, 0.29) is 17.5 Å². The summed E-state index contributed by atoms with van der Waals surface area (Å²) in [6.07, 6.45) is 5.64. The lowest BCUT2D eigenvalue weighted by atomic mass is 10.1. The Morgan fingerprint density at radius 2 is 1.77 bits per heavy atom. The van der Waals surface area contributed by atoms with Crippen LogP contribution in [-0.4, -0.2) is 23.3 Å². The van der Waals surface area contributed by atoms with Crippen molar-refractivity contribution in [1.82, 2.24) is 15.6 Å².